The zero-order valence-corrected chi connectivity index (χ0v) is 8.72. The van der Waals surface area contributed by atoms with Gasteiger partial charge in [0.05, 0.1) is 25.4 Å². The molecule has 0 bridgehead atoms. The second-order valence-corrected chi connectivity index (χ2v) is 3.80. The number of nitrogens with two attached hydrogens (primary N) is 1. The molecule has 0 aromatic heterocycles. The molecule has 0 spiro atoms. The normalized spacial score (nSPS) is 24.3. The number of rotatable bonds is 3. The molecule has 86 valence electrons. The molecule has 1 aliphatic heterocycles. The summed E-state index contributed by atoms with van der Waals surface area (Å²) in [4.78, 5) is 10.9. The van der Waals surface area contributed by atoms with Gasteiger partial charge in [-0.1, -0.05) is 0 Å². The van der Waals surface area contributed by atoms with Crippen molar-refractivity contribution in [2.24, 2.45) is 5.73 Å². The Morgan fingerprint density at radius 1 is 1.38 bits per heavy atom. The molecule has 0 radical (unpaired) electrons. The molecule has 1 fully saturated rings. The van der Waals surface area contributed by atoms with Gasteiger partial charge in [-0.05, 0) is 24.3 Å². The van der Waals surface area contributed by atoms with Gasteiger partial charge in [-0.2, -0.15) is 0 Å². The summed E-state index contributed by atoms with van der Waals surface area (Å²) in [5.41, 5.74) is 6.43. The van der Waals surface area contributed by atoms with Crippen LogP contribution in [0.15, 0.2) is 24.3 Å². The maximum atomic E-state index is 10.9. The Morgan fingerprint density at radius 3 is 2.56 bits per heavy atom. The summed E-state index contributed by atoms with van der Waals surface area (Å²) in [6.45, 7) is 0.843. The summed E-state index contributed by atoms with van der Waals surface area (Å²) in [6, 6.07) is 6.70. The largest absolute Gasteiger partial charge is 0.388 e. The number of ether oxygens (including phenoxy) is 1. The summed E-state index contributed by atoms with van der Waals surface area (Å²) < 4.78 is 5.12. The molecule has 1 aliphatic rings. The molecule has 16 heavy (non-hydrogen) atoms. The van der Waals surface area contributed by atoms with E-state index in [0.717, 1.165) is 5.69 Å². The van der Waals surface area contributed by atoms with Gasteiger partial charge >= 0.3 is 0 Å². The third-order valence-corrected chi connectivity index (χ3v) is 2.57. The van der Waals surface area contributed by atoms with Gasteiger partial charge in [0.1, 0.15) is 0 Å². The van der Waals surface area contributed by atoms with Crippen molar-refractivity contribution < 1.29 is 14.6 Å². The molecule has 2 rings (SSSR count). The fraction of sp³-hybridized carbons (Fsp3) is 0.364. The quantitative estimate of drug-likeness (QED) is 0.669. The van der Waals surface area contributed by atoms with Gasteiger partial charge in [0.2, 0.25) is 5.91 Å². The Bertz CT molecular complexity index is 377. The predicted molar refractivity (Wildman–Crippen MR) is 59.2 cm³/mol. The summed E-state index contributed by atoms with van der Waals surface area (Å²) in [5, 5.41) is 12.7. The number of nitrogens with one attached hydrogen (secondary N) is 1. The van der Waals surface area contributed by atoms with E-state index in [9.17, 15) is 9.90 Å². The van der Waals surface area contributed by atoms with Crippen molar-refractivity contribution >= 4 is 11.6 Å². The lowest BCUT2D eigenvalue weighted by atomic mass is 10.1. The Balaban J connectivity index is 2.02. The number of hydrogen-bond donors (Lipinski definition) is 3. The van der Waals surface area contributed by atoms with Crippen LogP contribution in [0, 0.1) is 0 Å². The number of benzene rings is 1. The molecule has 0 saturated carbocycles. The Hall–Kier alpha value is -1.59. The van der Waals surface area contributed by atoms with Crippen LogP contribution in [0.4, 0.5) is 5.69 Å². The molecular formula is C11H14N2O3. The highest BCUT2D eigenvalue weighted by atomic mass is 16.5. The lowest BCUT2D eigenvalue weighted by Crippen LogP contribution is -2.31. The molecule has 1 heterocycles. The van der Waals surface area contributed by atoms with Crippen LogP contribution in [-0.2, 0) is 4.74 Å². The molecular weight excluding hydrogens is 208 g/mol. The first-order valence-corrected chi connectivity index (χ1v) is 5.09. The molecule has 5 heteroatoms. The number of aliphatic hydroxyl groups is 1. The average Bonchev–Trinajstić information content (AvgIpc) is 2.65. The highest BCUT2D eigenvalue weighted by molar-refractivity contribution is 5.93. The van der Waals surface area contributed by atoms with Crippen LogP contribution in [0.5, 0.6) is 0 Å². The van der Waals surface area contributed by atoms with Gasteiger partial charge in [0.25, 0.3) is 0 Å². The van der Waals surface area contributed by atoms with Crippen molar-refractivity contribution in [1.82, 2.24) is 0 Å². The van der Waals surface area contributed by atoms with E-state index in [1.807, 2.05) is 0 Å². The number of hydrogen-bond acceptors (Lipinski definition) is 4. The SMILES string of the molecule is NC(=O)c1ccc(NC2COCC2O)cc1. The number of amides is 1. The predicted octanol–water partition coefficient (Wildman–Crippen LogP) is -0.0429. The lowest BCUT2D eigenvalue weighted by molar-refractivity contribution is 0.100. The second-order valence-electron chi connectivity index (χ2n) is 3.80. The van der Waals surface area contributed by atoms with Crippen LogP contribution in [0.1, 0.15) is 10.4 Å². The van der Waals surface area contributed by atoms with Gasteiger partial charge in [-0.3, -0.25) is 4.79 Å². The number of carbonyl (C=O) groups excluding carboxylic acids is 1. The van der Waals surface area contributed by atoms with Crippen molar-refractivity contribution in [1.29, 1.82) is 0 Å². The minimum atomic E-state index is -0.490. The second kappa shape index (κ2) is 4.51. The Kier molecular flexibility index (Phi) is 3.07. The maximum Gasteiger partial charge on any atom is 0.248 e. The zero-order valence-electron chi connectivity index (χ0n) is 8.72. The first-order chi connectivity index (χ1) is 7.66. The van der Waals surface area contributed by atoms with Gasteiger partial charge in [0.15, 0.2) is 0 Å². The molecule has 2 atom stereocenters. The Morgan fingerprint density at radius 2 is 2.06 bits per heavy atom. The summed E-state index contributed by atoms with van der Waals surface area (Å²) >= 11 is 0. The maximum absolute atomic E-state index is 10.9. The molecule has 2 unspecified atom stereocenters. The molecule has 0 aliphatic carbocycles. The van der Waals surface area contributed by atoms with E-state index in [4.69, 9.17) is 10.5 Å². The number of primary amides is 1. The van der Waals surface area contributed by atoms with Crippen LogP contribution in [0.2, 0.25) is 0 Å². The highest BCUT2D eigenvalue weighted by Crippen LogP contribution is 2.15. The fourth-order valence-electron chi connectivity index (χ4n) is 1.63. The topological polar surface area (TPSA) is 84.6 Å². The van der Waals surface area contributed by atoms with Crippen LogP contribution in [0.3, 0.4) is 0 Å². The van der Waals surface area contributed by atoms with Gasteiger partial charge in [0, 0.05) is 11.3 Å². The summed E-state index contributed by atoms with van der Waals surface area (Å²) in [6.07, 6.45) is -0.490. The highest BCUT2D eigenvalue weighted by Gasteiger charge is 2.25. The third kappa shape index (κ3) is 2.32. The van der Waals surface area contributed by atoms with Gasteiger partial charge < -0.3 is 20.9 Å². The van der Waals surface area contributed by atoms with Gasteiger partial charge in [-0.15, -0.1) is 0 Å². The Labute approximate surface area is 93.2 Å². The molecule has 1 amide bonds. The van der Waals surface area contributed by atoms with Crippen LogP contribution < -0.4 is 11.1 Å². The van der Waals surface area contributed by atoms with E-state index in [-0.39, 0.29) is 6.04 Å². The monoisotopic (exact) mass is 222 g/mol. The fourth-order valence-corrected chi connectivity index (χ4v) is 1.63. The first-order valence-electron chi connectivity index (χ1n) is 5.09. The van der Waals surface area contributed by atoms with Crippen molar-refractivity contribution in [3.8, 4) is 0 Å². The van der Waals surface area contributed by atoms with Crippen molar-refractivity contribution in [3.05, 3.63) is 29.8 Å². The van der Waals surface area contributed by atoms with Crippen molar-refractivity contribution in [2.45, 2.75) is 12.1 Å². The zero-order chi connectivity index (χ0) is 11.5. The standard InChI is InChI=1S/C11H14N2O3/c12-11(15)7-1-3-8(4-2-7)13-9-5-16-6-10(9)14/h1-4,9-10,13-14H,5-6H2,(H2,12,15). The van der Waals surface area contributed by atoms with E-state index < -0.39 is 12.0 Å². The van der Waals surface area contributed by atoms with E-state index in [2.05, 4.69) is 5.32 Å². The minimum Gasteiger partial charge on any atom is -0.388 e. The molecule has 1 saturated heterocycles. The van der Waals surface area contributed by atoms with Crippen molar-refractivity contribution in [3.63, 3.8) is 0 Å². The third-order valence-electron chi connectivity index (χ3n) is 2.57. The van der Waals surface area contributed by atoms with E-state index in [1.165, 1.54) is 0 Å². The van der Waals surface area contributed by atoms with Crippen molar-refractivity contribution in [2.75, 3.05) is 18.5 Å². The number of carbonyl (C=O) groups is 1. The lowest BCUT2D eigenvalue weighted by Gasteiger charge is -2.15. The molecule has 5 nitrogen and oxygen atoms in total. The smallest absolute Gasteiger partial charge is 0.248 e. The summed E-state index contributed by atoms with van der Waals surface area (Å²) in [7, 11) is 0. The van der Waals surface area contributed by atoms with Gasteiger partial charge in [-0.25, -0.2) is 0 Å². The van der Waals surface area contributed by atoms with E-state index >= 15 is 0 Å². The number of aliphatic hydroxyl groups excluding tert-OH is 1. The van der Waals surface area contributed by atoms with Crippen LogP contribution in [-0.4, -0.2) is 36.4 Å². The molecule has 1 aromatic rings. The van der Waals surface area contributed by atoms with E-state index in [0.29, 0.717) is 18.8 Å². The summed E-state index contributed by atoms with van der Waals surface area (Å²) in [5.74, 6) is -0.448. The average molecular weight is 222 g/mol. The minimum absolute atomic E-state index is 0.0978. The van der Waals surface area contributed by atoms with Crippen LogP contribution in [0.25, 0.3) is 0 Å². The number of anilines is 1. The molecule has 4 N–H and O–H groups in total. The first kappa shape index (κ1) is 10.9. The van der Waals surface area contributed by atoms with Crippen LogP contribution >= 0.6 is 0 Å². The molecule has 1 aromatic carbocycles. The van der Waals surface area contributed by atoms with E-state index in [1.54, 1.807) is 24.3 Å².